The minimum absolute atomic E-state index is 0.0351. The molecule has 0 fully saturated rings. The van der Waals surface area contributed by atoms with Crippen molar-refractivity contribution in [3.8, 4) is 11.1 Å². The van der Waals surface area contributed by atoms with E-state index in [0.29, 0.717) is 0 Å². The summed E-state index contributed by atoms with van der Waals surface area (Å²) in [5.74, 6) is 0. The molecule has 0 spiro atoms. The standard InChI is InChI=1S/C20H21N/c1-19(2,3)15-8-7-9-16-18(15)14-11-10-13(21-6)12-17(14)20(16,4)5/h7-12H,1-5H3. The van der Waals surface area contributed by atoms with Gasteiger partial charge in [-0.3, -0.25) is 0 Å². The minimum Gasteiger partial charge on any atom is -0.238 e. The van der Waals surface area contributed by atoms with Gasteiger partial charge >= 0.3 is 0 Å². The van der Waals surface area contributed by atoms with Gasteiger partial charge in [-0.25, -0.2) is 4.85 Å². The van der Waals surface area contributed by atoms with Crippen LogP contribution in [0.4, 0.5) is 5.69 Å². The molecule has 0 unspecified atom stereocenters. The Morgan fingerprint density at radius 2 is 1.71 bits per heavy atom. The Balaban J connectivity index is 2.39. The lowest BCUT2D eigenvalue weighted by molar-refractivity contribution is 0.589. The molecule has 21 heavy (non-hydrogen) atoms. The zero-order valence-corrected chi connectivity index (χ0v) is 13.4. The monoisotopic (exact) mass is 275 g/mol. The molecule has 1 aliphatic carbocycles. The quantitative estimate of drug-likeness (QED) is 0.532. The molecule has 2 aromatic rings. The van der Waals surface area contributed by atoms with Gasteiger partial charge in [0.25, 0.3) is 0 Å². The normalized spacial score (nSPS) is 15.2. The van der Waals surface area contributed by atoms with Gasteiger partial charge in [0.05, 0.1) is 6.57 Å². The second kappa shape index (κ2) is 4.21. The third kappa shape index (κ3) is 1.90. The van der Waals surface area contributed by atoms with Gasteiger partial charge in [-0.05, 0) is 33.2 Å². The third-order valence-electron chi connectivity index (χ3n) is 4.62. The van der Waals surface area contributed by atoms with E-state index in [2.05, 4.69) is 69.8 Å². The maximum atomic E-state index is 7.26. The van der Waals surface area contributed by atoms with Crippen molar-refractivity contribution < 1.29 is 0 Å². The molecule has 0 N–H and O–H groups in total. The molecule has 1 nitrogen and oxygen atoms in total. The molecule has 3 rings (SSSR count). The Labute approximate surface area is 127 Å². The van der Waals surface area contributed by atoms with E-state index < -0.39 is 0 Å². The SMILES string of the molecule is [C-]#[N+]c1ccc2c(c1)C(C)(C)c1cccc(C(C)(C)C)c1-2. The summed E-state index contributed by atoms with van der Waals surface area (Å²) < 4.78 is 0. The highest BCUT2D eigenvalue weighted by Gasteiger charge is 2.38. The van der Waals surface area contributed by atoms with Crippen molar-refractivity contribution in [2.75, 3.05) is 0 Å². The maximum absolute atomic E-state index is 7.26. The van der Waals surface area contributed by atoms with Crippen LogP contribution in [-0.4, -0.2) is 0 Å². The molecule has 106 valence electrons. The first-order chi connectivity index (χ1) is 9.76. The van der Waals surface area contributed by atoms with Gasteiger partial charge in [0, 0.05) is 5.41 Å². The van der Waals surface area contributed by atoms with Gasteiger partial charge in [0.2, 0.25) is 0 Å². The summed E-state index contributed by atoms with van der Waals surface area (Å²) in [5.41, 5.74) is 7.53. The van der Waals surface area contributed by atoms with Gasteiger partial charge in [-0.1, -0.05) is 71.0 Å². The van der Waals surface area contributed by atoms with Gasteiger partial charge < -0.3 is 0 Å². The molecule has 1 heteroatoms. The van der Waals surface area contributed by atoms with Crippen LogP contribution in [0.15, 0.2) is 36.4 Å². The van der Waals surface area contributed by atoms with Crippen LogP contribution in [0.5, 0.6) is 0 Å². The molecular formula is C20H21N. The van der Waals surface area contributed by atoms with Crippen molar-refractivity contribution in [1.82, 2.24) is 0 Å². The molecule has 0 atom stereocenters. The number of fused-ring (bicyclic) bond motifs is 3. The average molecular weight is 275 g/mol. The van der Waals surface area contributed by atoms with Gasteiger partial charge in [0.1, 0.15) is 0 Å². The van der Waals surface area contributed by atoms with Crippen LogP contribution >= 0.6 is 0 Å². The molecule has 0 aromatic heterocycles. The number of nitrogens with zero attached hydrogens (tertiary/aromatic N) is 1. The van der Waals surface area contributed by atoms with Crippen LogP contribution in [-0.2, 0) is 10.8 Å². The van der Waals surface area contributed by atoms with Crippen LogP contribution in [0, 0.1) is 6.57 Å². The van der Waals surface area contributed by atoms with Crippen molar-refractivity contribution in [2.24, 2.45) is 0 Å². The summed E-state index contributed by atoms with van der Waals surface area (Å²) in [6.07, 6.45) is 0. The van der Waals surface area contributed by atoms with E-state index in [4.69, 9.17) is 6.57 Å². The first-order valence-corrected chi connectivity index (χ1v) is 7.43. The summed E-state index contributed by atoms with van der Waals surface area (Å²) in [5, 5.41) is 0. The van der Waals surface area contributed by atoms with E-state index in [1.807, 2.05) is 6.07 Å². The first kappa shape index (κ1) is 13.9. The second-order valence-corrected chi connectivity index (χ2v) is 7.44. The Morgan fingerprint density at radius 1 is 1.00 bits per heavy atom. The molecule has 0 heterocycles. The summed E-state index contributed by atoms with van der Waals surface area (Å²) in [4.78, 5) is 3.60. The highest BCUT2D eigenvalue weighted by molar-refractivity contribution is 5.85. The first-order valence-electron chi connectivity index (χ1n) is 7.43. The zero-order chi connectivity index (χ0) is 15.4. The summed E-state index contributed by atoms with van der Waals surface area (Å²) in [7, 11) is 0. The summed E-state index contributed by atoms with van der Waals surface area (Å²) >= 11 is 0. The van der Waals surface area contributed by atoms with Crippen molar-refractivity contribution >= 4 is 5.69 Å². The van der Waals surface area contributed by atoms with Crippen LogP contribution in [0.2, 0.25) is 0 Å². The summed E-state index contributed by atoms with van der Waals surface area (Å²) in [6, 6.07) is 12.8. The average Bonchev–Trinajstić information content (AvgIpc) is 2.66. The minimum atomic E-state index is -0.0351. The fraction of sp³-hybridized carbons (Fsp3) is 0.350. The van der Waals surface area contributed by atoms with Gasteiger partial charge in [-0.2, -0.15) is 0 Å². The fourth-order valence-corrected chi connectivity index (χ4v) is 3.47. The topological polar surface area (TPSA) is 4.36 Å². The lowest BCUT2D eigenvalue weighted by Crippen LogP contribution is -2.17. The third-order valence-corrected chi connectivity index (χ3v) is 4.62. The lowest BCUT2D eigenvalue weighted by Gasteiger charge is -2.25. The number of rotatable bonds is 0. The van der Waals surface area contributed by atoms with Crippen molar-refractivity contribution in [2.45, 2.75) is 45.4 Å². The van der Waals surface area contributed by atoms with Crippen molar-refractivity contribution in [3.05, 3.63) is 64.5 Å². The Bertz CT molecular complexity index is 767. The molecule has 2 aromatic carbocycles. The van der Waals surface area contributed by atoms with Crippen LogP contribution in [0.25, 0.3) is 16.0 Å². The molecule has 1 aliphatic rings. The van der Waals surface area contributed by atoms with Crippen molar-refractivity contribution in [3.63, 3.8) is 0 Å². The van der Waals surface area contributed by atoms with E-state index in [0.717, 1.165) is 5.69 Å². The molecule has 0 saturated carbocycles. The molecular weight excluding hydrogens is 254 g/mol. The summed E-state index contributed by atoms with van der Waals surface area (Å²) in [6.45, 7) is 18.6. The highest BCUT2D eigenvalue weighted by Crippen LogP contribution is 2.52. The fourth-order valence-electron chi connectivity index (χ4n) is 3.47. The predicted molar refractivity (Wildman–Crippen MR) is 89.0 cm³/mol. The lowest BCUT2D eigenvalue weighted by atomic mass is 9.79. The number of benzene rings is 2. The molecule has 0 saturated heterocycles. The smallest absolute Gasteiger partial charge is 0.187 e. The molecule has 0 bridgehead atoms. The second-order valence-electron chi connectivity index (χ2n) is 7.44. The Morgan fingerprint density at radius 3 is 2.33 bits per heavy atom. The van der Waals surface area contributed by atoms with Crippen LogP contribution < -0.4 is 0 Å². The zero-order valence-electron chi connectivity index (χ0n) is 13.4. The maximum Gasteiger partial charge on any atom is 0.187 e. The van der Waals surface area contributed by atoms with E-state index in [-0.39, 0.29) is 10.8 Å². The molecule has 0 amide bonds. The van der Waals surface area contributed by atoms with Gasteiger partial charge in [0.15, 0.2) is 5.69 Å². The number of hydrogen-bond donors (Lipinski definition) is 0. The molecule has 0 radical (unpaired) electrons. The van der Waals surface area contributed by atoms with E-state index in [1.165, 1.54) is 27.8 Å². The molecule has 0 aliphatic heterocycles. The largest absolute Gasteiger partial charge is 0.238 e. The van der Waals surface area contributed by atoms with Crippen molar-refractivity contribution in [1.29, 1.82) is 0 Å². The van der Waals surface area contributed by atoms with Crippen LogP contribution in [0.3, 0.4) is 0 Å². The van der Waals surface area contributed by atoms with Gasteiger partial charge in [-0.15, -0.1) is 0 Å². The number of hydrogen-bond acceptors (Lipinski definition) is 0. The Hall–Kier alpha value is -2.07. The van der Waals surface area contributed by atoms with Crippen LogP contribution in [0.1, 0.15) is 51.3 Å². The Kier molecular flexibility index (Phi) is 2.79. The predicted octanol–water partition coefficient (Wildman–Crippen LogP) is 5.84. The highest BCUT2D eigenvalue weighted by atomic mass is 14.6. The van der Waals surface area contributed by atoms with E-state index >= 15 is 0 Å². The van der Waals surface area contributed by atoms with E-state index in [9.17, 15) is 0 Å². The van der Waals surface area contributed by atoms with E-state index in [1.54, 1.807) is 0 Å².